The van der Waals surface area contributed by atoms with Crippen LogP contribution in [0.4, 0.5) is 0 Å². The van der Waals surface area contributed by atoms with Gasteiger partial charge in [0, 0.05) is 11.5 Å². The zero-order valence-corrected chi connectivity index (χ0v) is 19.1. The van der Waals surface area contributed by atoms with Crippen LogP contribution < -0.4 is 29.9 Å². The number of methoxy groups -OCH3 is 3. The zero-order chi connectivity index (χ0) is 24.9. The summed E-state index contributed by atoms with van der Waals surface area (Å²) >= 11 is 0. The molecule has 10 heteroatoms. The minimum absolute atomic E-state index is 0.124. The molecule has 2 heterocycles. The van der Waals surface area contributed by atoms with E-state index >= 15 is 0 Å². The first kappa shape index (κ1) is 23.4. The van der Waals surface area contributed by atoms with Crippen molar-refractivity contribution in [3.63, 3.8) is 0 Å². The van der Waals surface area contributed by atoms with Gasteiger partial charge >= 0.3 is 11.6 Å². The predicted molar refractivity (Wildman–Crippen MR) is 123 cm³/mol. The predicted octanol–water partition coefficient (Wildman–Crippen LogP) is 3.56. The van der Waals surface area contributed by atoms with Crippen LogP contribution in [0, 0.1) is 0 Å². The Morgan fingerprint density at radius 3 is 2.31 bits per heavy atom. The van der Waals surface area contributed by atoms with Crippen LogP contribution in [0.3, 0.4) is 0 Å². The normalized spacial score (nSPS) is 10.6. The second kappa shape index (κ2) is 10.0. The lowest BCUT2D eigenvalue weighted by Gasteiger charge is -2.13. The van der Waals surface area contributed by atoms with E-state index in [2.05, 4.69) is 5.32 Å². The fourth-order valence-electron chi connectivity index (χ4n) is 3.35. The third-order valence-corrected chi connectivity index (χ3v) is 5.07. The van der Waals surface area contributed by atoms with Crippen LogP contribution in [0.25, 0.3) is 11.0 Å². The number of hydrogen-bond acceptors (Lipinski definition) is 9. The highest BCUT2D eigenvalue weighted by atomic mass is 16.5. The summed E-state index contributed by atoms with van der Waals surface area (Å²) in [6.07, 6.45) is 1.48. The van der Waals surface area contributed by atoms with Crippen molar-refractivity contribution in [1.29, 1.82) is 0 Å². The molecule has 0 saturated carbocycles. The number of hydrogen-bond donors (Lipinski definition) is 1. The lowest BCUT2D eigenvalue weighted by atomic mass is 10.1. The molecule has 0 aliphatic heterocycles. The number of esters is 1. The fourth-order valence-corrected chi connectivity index (χ4v) is 3.35. The highest BCUT2D eigenvalue weighted by Crippen LogP contribution is 2.38. The van der Waals surface area contributed by atoms with E-state index < -0.39 is 17.5 Å². The highest BCUT2D eigenvalue weighted by Gasteiger charge is 2.19. The van der Waals surface area contributed by atoms with Crippen LogP contribution in [0.15, 0.2) is 68.4 Å². The molecule has 4 rings (SSSR count). The molecule has 10 nitrogen and oxygen atoms in total. The van der Waals surface area contributed by atoms with Crippen molar-refractivity contribution in [1.82, 2.24) is 5.32 Å². The topological polar surface area (TPSA) is 126 Å². The first-order valence-corrected chi connectivity index (χ1v) is 10.3. The molecule has 1 N–H and O–H groups in total. The molecule has 1 amide bonds. The summed E-state index contributed by atoms with van der Waals surface area (Å²) in [5, 5.41) is 3.07. The van der Waals surface area contributed by atoms with E-state index in [9.17, 15) is 14.4 Å². The second-order valence-corrected chi connectivity index (χ2v) is 7.21. The fraction of sp³-hybridized carbons (Fsp3) is 0.160. The van der Waals surface area contributed by atoms with Gasteiger partial charge in [-0.3, -0.25) is 4.79 Å². The molecule has 0 unspecified atom stereocenters. The number of carbonyl (C=O) groups excluding carboxylic acids is 2. The van der Waals surface area contributed by atoms with E-state index in [1.54, 1.807) is 18.2 Å². The molecular weight excluding hydrogens is 458 g/mol. The average Bonchev–Trinajstić information content (AvgIpc) is 3.39. The number of fused-ring (bicyclic) bond motifs is 1. The van der Waals surface area contributed by atoms with Gasteiger partial charge in [-0.25, -0.2) is 9.59 Å². The summed E-state index contributed by atoms with van der Waals surface area (Å²) in [5.74, 6) is 0.302. The minimum Gasteiger partial charge on any atom is -0.493 e. The Labute approximate surface area is 199 Å². The van der Waals surface area contributed by atoms with Gasteiger partial charge < -0.3 is 33.1 Å². The van der Waals surface area contributed by atoms with E-state index in [4.69, 9.17) is 27.8 Å². The molecule has 2 aromatic heterocycles. The number of ether oxygens (including phenoxy) is 4. The summed E-state index contributed by atoms with van der Waals surface area (Å²) in [4.78, 5) is 37.5. The van der Waals surface area contributed by atoms with E-state index in [1.807, 2.05) is 0 Å². The minimum atomic E-state index is -0.831. The molecule has 0 bridgehead atoms. The Morgan fingerprint density at radius 1 is 0.943 bits per heavy atom. The van der Waals surface area contributed by atoms with Gasteiger partial charge in [-0.1, -0.05) is 0 Å². The van der Waals surface area contributed by atoms with Crippen molar-refractivity contribution in [3.8, 4) is 23.0 Å². The van der Waals surface area contributed by atoms with Crippen LogP contribution in [-0.4, -0.2) is 33.2 Å². The Bertz CT molecular complexity index is 1410. The lowest BCUT2D eigenvalue weighted by Crippen LogP contribution is -2.27. The summed E-state index contributed by atoms with van der Waals surface area (Å²) in [7, 11) is 4.32. The standard InChI is InChI=1S/C25H21NO9/c1-30-20-10-15(11-21(31-2)22(20)32-3)24(28)34-16-7-6-14-9-18(25(29)35-19(14)12-16)23(27)26-13-17-5-4-8-33-17/h4-12H,13H2,1-3H3,(H,26,27). The smallest absolute Gasteiger partial charge is 0.349 e. The maximum absolute atomic E-state index is 12.7. The van der Waals surface area contributed by atoms with Crippen molar-refractivity contribution < 1.29 is 37.4 Å². The van der Waals surface area contributed by atoms with Gasteiger partial charge in [0.25, 0.3) is 5.91 Å². The van der Waals surface area contributed by atoms with Gasteiger partial charge in [0.1, 0.15) is 22.7 Å². The molecule has 0 radical (unpaired) electrons. The van der Waals surface area contributed by atoms with Gasteiger partial charge in [0.2, 0.25) is 5.75 Å². The molecule has 0 spiro atoms. The Hall–Kier alpha value is -4.73. The Balaban J connectivity index is 1.55. The molecule has 180 valence electrons. The number of carbonyl (C=O) groups is 2. The number of benzene rings is 2. The van der Waals surface area contributed by atoms with Crippen LogP contribution in [0.5, 0.6) is 23.0 Å². The molecule has 35 heavy (non-hydrogen) atoms. The van der Waals surface area contributed by atoms with Gasteiger partial charge in [0.05, 0.1) is 39.7 Å². The van der Waals surface area contributed by atoms with Crippen molar-refractivity contribution >= 4 is 22.8 Å². The quantitative estimate of drug-likeness (QED) is 0.229. The van der Waals surface area contributed by atoms with Crippen molar-refractivity contribution in [2.45, 2.75) is 6.54 Å². The summed E-state index contributed by atoms with van der Waals surface area (Å²) in [6.45, 7) is 0.124. The van der Waals surface area contributed by atoms with Crippen LogP contribution in [0.2, 0.25) is 0 Å². The number of rotatable bonds is 8. The van der Waals surface area contributed by atoms with E-state index in [-0.39, 0.29) is 29.0 Å². The highest BCUT2D eigenvalue weighted by molar-refractivity contribution is 5.97. The maximum atomic E-state index is 12.7. The summed E-state index contributed by atoms with van der Waals surface area (Å²) in [6, 6.07) is 12.2. The molecule has 0 atom stereocenters. The van der Waals surface area contributed by atoms with Gasteiger partial charge in [0.15, 0.2) is 11.5 Å². The third kappa shape index (κ3) is 4.96. The largest absolute Gasteiger partial charge is 0.493 e. The van der Waals surface area contributed by atoms with Crippen molar-refractivity contribution in [2.75, 3.05) is 21.3 Å². The average molecular weight is 479 g/mol. The van der Waals surface area contributed by atoms with Gasteiger partial charge in [-0.15, -0.1) is 0 Å². The number of nitrogens with one attached hydrogen (secondary N) is 1. The maximum Gasteiger partial charge on any atom is 0.349 e. The van der Waals surface area contributed by atoms with Crippen LogP contribution in [0.1, 0.15) is 26.5 Å². The van der Waals surface area contributed by atoms with Crippen molar-refractivity contribution in [3.05, 3.63) is 82.1 Å². The molecule has 0 aliphatic rings. The SMILES string of the molecule is COc1cc(C(=O)Oc2ccc3cc(C(=O)NCc4ccco4)c(=O)oc3c2)cc(OC)c1OC. The first-order valence-electron chi connectivity index (χ1n) is 10.3. The number of furan rings is 1. The van der Waals surface area contributed by atoms with E-state index in [1.165, 1.54) is 57.9 Å². The molecule has 4 aromatic rings. The monoisotopic (exact) mass is 479 g/mol. The first-order chi connectivity index (χ1) is 16.9. The number of amides is 1. The lowest BCUT2D eigenvalue weighted by molar-refractivity contribution is 0.0733. The second-order valence-electron chi connectivity index (χ2n) is 7.21. The van der Waals surface area contributed by atoms with Crippen molar-refractivity contribution in [2.24, 2.45) is 0 Å². The Morgan fingerprint density at radius 2 is 1.69 bits per heavy atom. The van der Waals surface area contributed by atoms with Gasteiger partial charge in [-0.05, 0) is 42.5 Å². The summed E-state index contributed by atoms with van der Waals surface area (Å²) < 4.78 is 31.7. The van der Waals surface area contributed by atoms with Crippen LogP contribution in [-0.2, 0) is 6.54 Å². The molecule has 0 fully saturated rings. The zero-order valence-electron chi connectivity index (χ0n) is 19.1. The Kier molecular flexibility index (Phi) is 6.72. The molecule has 2 aromatic carbocycles. The summed E-state index contributed by atoms with van der Waals surface area (Å²) in [5.41, 5.74) is -0.689. The molecule has 0 saturated heterocycles. The van der Waals surface area contributed by atoms with Gasteiger partial charge in [-0.2, -0.15) is 0 Å². The third-order valence-electron chi connectivity index (χ3n) is 5.07. The molecular formula is C25H21NO9. The van der Waals surface area contributed by atoms with E-state index in [0.717, 1.165) is 0 Å². The molecule has 0 aliphatic carbocycles. The van der Waals surface area contributed by atoms with E-state index in [0.29, 0.717) is 28.4 Å². The van der Waals surface area contributed by atoms with Crippen LogP contribution >= 0.6 is 0 Å².